The molecule has 0 radical (unpaired) electrons. The molecule has 3 heteroatoms. The van der Waals surface area contributed by atoms with Crippen LogP contribution in [0.2, 0.25) is 0 Å². The van der Waals surface area contributed by atoms with Crippen LogP contribution in [0.15, 0.2) is 0 Å². The topological polar surface area (TPSA) is 49.6 Å². The summed E-state index contributed by atoms with van der Waals surface area (Å²) in [7, 11) is 0. The lowest BCUT2D eigenvalue weighted by atomic mass is 10.1. The van der Waals surface area contributed by atoms with Gasteiger partial charge in [-0.2, -0.15) is 15.5 Å². The summed E-state index contributed by atoms with van der Waals surface area (Å²) < 4.78 is 0. The fourth-order valence-electron chi connectivity index (χ4n) is 0.892. The Bertz CT molecular complexity index is 323. The third-order valence-electron chi connectivity index (χ3n) is 1.74. The van der Waals surface area contributed by atoms with Crippen molar-refractivity contribution >= 4 is 0 Å². The number of aromatic nitrogens is 2. The maximum atomic E-state index is 8.71. The monoisotopic (exact) mass is 147 g/mol. The number of hydrogen-bond donors (Lipinski definition) is 0. The Morgan fingerprint density at radius 2 is 1.64 bits per heavy atom. The molecule has 1 heterocycles. The molecule has 0 bridgehead atoms. The molecule has 1 aromatic heterocycles. The average Bonchev–Trinajstić information content (AvgIpc) is 1.99. The van der Waals surface area contributed by atoms with Gasteiger partial charge in [-0.15, -0.1) is 0 Å². The molecule has 0 spiro atoms. The van der Waals surface area contributed by atoms with Crippen LogP contribution in [0.4, 0.5) is 0 Å². The standard InChI is InChI=1S/C8H9N3/c1-5-6(2)10-11-7(3)8(5)4-9/h1-3H3. The van der Waals surface area contributed by atoms with Crippen molar-refractivity contribution in [2.45, 2.75) is 20.8 Å². The second-order valence-electron chi connectivity index (χ2n) is 2.48. The summed E-state index contributed by atoms with van der Waals surface area (Å²) in [6.45, 7) is 5.52. The smallest absolute Gasteiger partial charge is 0.101 e. The molecule has 1 aromatic rings. The van der Waals surface area contributed by atoms with Gasteiger partial charge < -0.3 is 0 Å². The van der Waals surface area contributed by atoms with Gasteiger partial charge in [-0.1, -0.05) is 0 Å². The van der Waals surface area contributed by atoms with Gasteiger partial charge in [0.15, 0.2) is 0 Å². The minimum Gasteiger partial charge on any atom is -0.192 e. The molecule has 0 atom stereocenters. The van der Waals surface area contributed by atoms with E-state index in [-0.39, 0.29) is 0 Å². The van der Waals surface area contributed by atoms with Crippen LogP contribution in [0, 0.1) is 32.1 Å². The Kier molecular flexibility index (Phi) is 1.86. The van der Waals surface area contributed by atoms with Gasteiger partial charge in [0.2, 0.25) is 0 Å². The minimum absolute atomic E-state index is 0.650. The number of rotatable bonds is 0. The van der Waals surface area contributed by atoms with Crippen molar-refractivity contribution in [3.63, 3.8) is 0 Å². The summed E-state index contributed by atoms with van der Waals surface area (Å²) >= 11 is 0. The first-order chi connectivity index (χ1) is 5.16. The van der Waals surface area contributed by atoms with Crippen LogP contribution in [0.5, 0.6) is 0 Å². The first kappa shape index (κ1) is 7.67. The molecule has 0 N–H and O–H groups in total. The third-order valence-corrected chi connectivity index (χ3v) is 1.74. The molecule has 3 nitrogen and oxygen atoms in total. The van der Waals surface area contributed by atoms with Gasteiger partial charge in [0.05, 0.1) is 17.0 Å². The molecule has 0 amide bonds. The van der Waals surface area contributed by atoms with Crippen molar-refractivity contribution < 1.29 is 0 Å². The van der Waals surface area contributed by atoms with Crippen molar-refractivity contribution in [2.75, 3.05) is 0 Å². The zero-order valence-electron chi connectivity index (χ0n) is 6.84. The largest absolute Gasteiger partial charge is 0.192 e. The van der Waals surface area contributed by atoms with E-state index in [9.17, 15) is 0 Å². The number of aryl methyl sites for hydroxylation is 2. The highest BCUT2D eigenvalue weighted by Gasteiger charge is 2.05. The van der Waals surface area contributed by atoms with E-state index < -0.39 is 0 Å². The fraction of sp³-hybridized carbons (Fsp3) is 0.375. The normalized spacial score (nSPS) is 9.27. The second kappa shape index (κ2) is 2.67. The second-order valence-corrected chi connectivity index (χ2v) is 2.48. The van der Waals surface area contributed by atoms with Gasteiger partial charge in [0, 0.05) is 0 Å². The Balaban J connectivity index is 3.44. The van der Waals surface area contributed by atoms with Gasteiger partial charge in [-0.3, -0.25) is 0 Å². The summed E-state index contributed by atoms with van der Waals surface area (Å²) in [6, 6.07) is 2.10. The molecular weight excluding hydrogens is 138 g/mol. The van der Waals surface area contributed by atoms with E-state index in [0.717, 1.165) is 11.3 Å². The van der Waals surface area contributed by atoms with Gasteiger partial charge in [0.1, 0.15) is 6.07 Å². The molecule has 0 fully saturated rings. The van der Waals surface area contributed by atoms with Crippen LogP contribution in [0.25, 0.3) is 0 Å². The van der Waals surface area contributed by atoms with E-state index in [1.807, 2.05) is 13.8 Å². The van der Waals surface area contributed by atoms with Crippen molar-refractivity contribution in [2.24, 2.45) is 0 Å². The van der Waals surface area contributed by atoms with Crippen LogP contribution < -0.4 is 0 Å². The van der Waals surface area contributed by atoms with Crippen LogP contribution in [-0.2, 0) is 0 Å². The van der Waals surface area contributed by atoms with Crippen molar-refractivity contribution in [3.8, 4) is 6.07 Å². The van der Waals surface area contributed by atoms with Crippen molar-refractivity contribution in [1.82, 2.24) is 10.2 Å². The van der Waals surface area contributed by atoms with Crippen molar-refractivity contribution in [1.29, 1.82) is 5.26 Å². The zero-order chi connectivity index (χ0) is 8.43. The SMILES string of the molecule is Cc1nnc(C)c(C#N)c1C. The molecule has 0 aliphatic carbocycles. The Morgan fingerprint density at radius 1 is 1.09 bits per heavy atom. The summed E-state index contributed by atoms with van der Waals surface area (Å²) in [5, 5.41) is 16.4. The average molecular weight is 147 g/mol. The van der Waals surface area contributed by atoms with Gasteiger partial charge in [0.25, 0.3) is 0 Å². The van der Waals surface area contributed by atoms with Gasteiger partial charge in [-0.25, -0.2) is 0 Å². The zero-order valence-corrected chi connectivity index (χ0v) is 6.84. The first-order valence-corrected chi connectivity index (χ1v) is 3.37. The Morgan fingerprint density at radius 3 is 2.09 bits per heavy atom. The van der Waals surface area contributed by atoms with Crippen LogP contribution in [0.1, 0.15) is 22.5 Å². The predicted molar refractivity (Wildman–Crippen MR) is 41.0 cm³/mol. The van der Waals surface area contributed by atoms with E-state index in [0.29, 0.717) is 11.3 Å². The Labute approximate surface area is 65.7 Å². The highest BCUT2D eigenvalue weighted by atomic mass is 15.1. The lowest BCUT2D eigenvalue weighted by molar-refractivity contribution is 0.916. The highest BCUT2D eigenvalue weighted by Crippen LogP contribution is 2.10. The molecule has 11 heavy (non-hydrogen) atoms. The molecule has 56 valence electrons. The van der Waals surface area contributed by atoms with Crippen molar-refractivity contribution in [3.05, 3.63) is 22.5 Å². The summed E-state index contributed by atoms with van der Waals surface area (Å²) in [5.74, 6) is 0. The third kappa shape index (κ3) is 1.20. The minimum atomic E-state index is 0.650. The molecule has 0 saturated heterocycles. The molecule has 0 unspecified atom stereocenters. The molecule has 0 aliphatic rings. The van der Waals surface area contributed by atoms with E-state index >= 15 is 0 Å². The van der Waals surface area contributed by atoms with Crippen LogP contribution >= 0.6 is 0 Å². The van der Waals surface area contributed by atoms with E-state index in [1.54, 1.807) is 6.92 Å². The van der Waals surface area contributed by atoms with E-state index in [4.69, 9.17) is 5.26 Å². The Hall–Kier alpha value is -1.43. The molecule has 0 aromatic carbocycles. The summed E-state index contributed by atoms with van der Waals surface area (Å²) in [6.07, 6.45) is 0. The van der Waals surface area contributed by atoms with E-state index in [1.165, 1.54) is 0 Å². The summed E-state index contributed by atoms with van der Waals surface area (Å²) in [4.78, 5) is 0. The number of hydrogen-bond acceptors (Lipinski definition) is 3. The quantitative estimate of drug-likeness (QED) is 0.555. The van der Waals surface area contributed by atoms with Crippen LogP contribution in [-0.4, -0.2) is 10.2 Å². The summed E-state index contributed by atoms with van der Waals surface area (Å²) in [5.41, 5.74) is 3.11. The lowest BCUT2D eigenvalue weighted by Crippen LogP contribution is -1.98. The van der Waals surface area contributed by atoms with Gasteiger partial charge in [-0.05, 0) is 26.3 Å². The molecule has 0 saturated carbocycles. The molecule has 1 rings (SSSR count). The predicted octanol–water partition coefficient (Wildman–Crippen LogP) is 1.27. The highest BCUT2D eigenvalue weighted by molar-refractivity contribution is 5.40. The molecule has 0 aliphatic heterocycles. The first-order valence-electron chi connectivity index (χ1n) is 3.37. The number of nitrogens with zero attached hydrogens (tertiary/aromatic N) is 3. The fourth-order valence-corrected chi connectivity index (χ4v) is 0.892. The van der Waals surface area contributed by atoms with E-state index in [2.05, 4.69) is 16.3 Å². The maximum Gasteiger partial charge on any atom is 0.101 e. The van der Waals surface area contributed by atoms with Crippen LogP contribution in [0.3, 0.4) is 0 Å². The molecular formula is C8H9N3. The van der Waals surface area contributed by atoms with Gasteiger partial charge >= 0.3 is 0 Å². The maximum absolute atomic E-state index is 8.71. The lowest BCUT2D eigenvalue weighted by Gasteiger charge is -2.01. The number of nitriles is 1.